The number of fused-ring (bicyclic) bond motifs is 1. The summed E-state index contributed by atoms with van der Waals surface area (Å²) in [4.78, 5) is 19.4. The number of H-pyrrole nitrogens is 1. The Kier molecular flexibility index (Phi) is 5.52. The average molecular weight is 500 g/mol. The molecule has 0 saturated carbocycles. The van der Waals surface area contributed by atoms with Crippen LogP contribution in [0.1, 0.15) is 38.8 Å². The molecule has 0 unspecified atom stereocenters. The van der Waals surface area contributed by atoms with Crippen LogP contribution in [0, 0.1) is 6.92 Å². The van der Waals surface area contributed by atoms with E-state index in [0.717, 1.165) is 16.7 Å². The van der Waals surface area contributed by atoms with Gasteiger partial charge in [0.1, 0.15) is 17.1 Å². The third kappa shape index (κ3) is 3.74. The van der Waals surface area contributed by atoms with Gasteiger partial charge in [0, 0.05) is 35.1 Å². The van der Waals surface area contributed by atoms with Gasteiger partial charge in [-0.3, -0.25) is 14.9 Å². The van der Waals surface area contributed by atoms with E-state index in [1.54, 1.807) is 48.5 Å². The van der Waals surface area contributed by atoms with Crippen LogP contribution in [0.4, 0.5) is 0 Å². The summed E-state index contributed by atoms with van der Waals surface area (Å²) in [6, 6.07) is 11.7. The maximum Gasteiger partial charge on any atom is 0.273 e. The molecule has 0 fully saturated rings. The minimum absolute atomic E-state index is 0.0252. The first-order valence-corrected chi connectivity index (χ1v) is 11.2. The highest BCUT2D eigenvalue weighted by Gasteiger charge is 2.42. The van der Waals surface area contributed by atoms with E-state index in [2.05, 4.69) is 15.2 Å². The van der Waals surface area contributed by atoms with Crippen LogP contribution in [0.25, 0.3) is 11.3 Å². The van der Waals surface area contributed by atoms with Crippen molar-refractivity contribution in [3.8, 4) is 17.0 Å². The lowest BCUT2D eigenvalue weighted by Gasteiger charge is -2.26. The Morgan fingerprint density at radius 1 is 1.09 bits per heavy atom. The number of carbonyl (C=O) groups excluding carboxylic acids is 1. The summed E-state index contributed by atoms with van der Waals surface area (Å²) < 4.78 is 0. The predicted octanol–water partition coefficient (Wildman–Crippen LogP) is 6.19. The fourth-order valence-corrected chi connectivity index (χ4v) is 4.61. The van der Waals surface area contributed by atoms with Crippen LogP contribution < -0.4 is 0 Å². The predicted molar refractivity (Wildman–Crippen MR) is 128 cm³/mol. The Hall–Kier alpha value is -3.06. The number of pyridine rings is 1. The van der Waals surface area contributed by atoms with Crippen LogP contribution in [-0.2, 0) is 6.54 Å². The summed E-state index contributed by atoms with van der Waals surface area (Å²) in [5, 5.41) is 19.2. The number of benzene rings is 2. The minimum atomic E-state index is -0.518. The molecule has 1 aliphatic rings. The van der Waals surface area contributed by atoms with E-state index >= 15 is 0 Å². The second kappa shape index (κ2) is 8.37. The van der Waals surface area contributed by atoms with Crippen molar-refractivity contribution in [2.75, 3.05) is 0 Å². The molecule has 0 saturated heterocycles. The van der Waals surface area contributed by atoms with E-state index in [-0.39, 0.29) is 11.7 Å². The van der Waals surface area contributed by atoms with Gasteiger partial charge in [0.15, 0.2) is 0 Å². The molecule has 166 valence electrons. The first-order valence-electron chi connectivity index (χ1n) is 10.1. The van der Waals surface area contributed by atoms with Crippen LogP contribution in [0.2, 0.25) is 15.1 Å². The van der Waals surface area contributed by atoms with Crippen molar-refractivity contribution in [2.24, 2.45) is 0 Å². The SMILES string of the molecule is Cc1cc(O)c(-c2n[nH]c3c2[C@H](c2ccc(Cl)c(Cl)c2)N(Cc2cccnc2)C3=O)cc1Cl. The third-order valence-corrected chi connectivity index (χ3v) is 6.88. The summed E-state index contributed by atoms with van der Waals surface area (Å²) in [6.07, 6.45) is 3.40. The molecule has 2 N–H and O–H groups in total. The number of phenolic OH excluding ortho intramolecular Hbond substituents is 1. The molecule has 4 aromatic rings. The van der Waals surface area contributed by atoms with Crippen LogP contribution in [0.5, 0.6) is 5.75 Å². The second-order valence-corrected chi connectivity index (χ2v) is 9.07. The van der Waals surface area contributed by atoms with Gasteiger partial charge >= 0.3 is 0 Å². The van der Waals surface area contributed by atoms with E-state index in [1.165, 1.54) is 0 Å². The first kappa shape index (κ1) is 21.8. The number of phenols is 1. The van der Waals surface area contributed by atoms with Crippen molar-refractivity contribution in [1.29, 1.82) is 0 Å². The maximum absolute atomic E-state index is 13.5. The smallest absolute Gasteiger partial charge is 0.273 e. The van der Waals surface area contributed by atoms with Gasteiger partial charge in [0.05, 0.1) is 16.1 Å². The van der Waals surface area contributed by atoms with Crippen LogP contribution in [-0.4, -0.2) is 31.1 Å². The summed E-state index contributed by atoms with van der Waals surface area (Å²) in [5.74, 6) is -0.196. The lowest BCUT2D eigenvalue weighted by Crippen LogP contribution is -2.29. The van der Waals surface area contributed by atoms with Gasteiger partial charge in [-0.15, -0.1) is 0 Å². The van der Waals surface area contributed by atoms with Crippen molar-refractivity contribution >= 4 is 40.7 Å². The molecule has 6 nitrogen and oxygen atoms in total. The Bertz CT molecular complexity index is 1390. The molecule has 0 spiro atoms. The number of hydrogen-bond donors (Lipinski definition) is 2. The van der Waals surface area contributed by atoms with E-state index < -0.39 is 6.04 Å². The maximum atomic E-state index is 13.5. The Morgan fingerprint density at radius 3 is 2.64 bits per heavy atom. The number of amides is 1. The number of nitrogens with zero attached hydrogens (tertiary/aromatic N) is 3. The molecule has 0 bridgehead atoms. The molecule has 9 heteroatoms. The molecule has 33 heavy (non-hydrogen) atoms. The van der Waals surface area contributed by atoms with Crippen molar-refractivity contribution < 1.29 is 9.90 Å². The van der Waals surface area contributed by atoms with Crippen LogP contribution in [0.3, 0.4) is 0 Å². The normalized spacial score (nSPS) is 15.2. The largest absolute Gasteiger partial charge is 0.507 e. The number of carbonyl (C=O) groups is 1. The number of aryl methyl sites for hydroxylation is 1. The number of rotatable bonds is 4. The first-order chi connectivity index (χ1) is 15.8. The molecule has 1 amide bonds. The Balaban J connectivity index is 1.70. The van der Waals surface area contributed by atoms with E-state index in [1.807, 2.05) is 18.2 Å². The quantitative estimate of drug-likeness (QED) is 0.351. The van der Waals surface area contributed by atoms with E-state index in [4.69, 9.17) is 34.8 Å². The van der Waals surface area contributed by atoms with E-state index in [9.17, 15) is 9.90 Å². The lowest BCUT2D eigenvalue weighted by atomic mass is 9.95. The van der Waals surface area contributed by atoms with Gasteiger partial charge < -0.3 is 10.0 Å². The minimum Gasteiger partial charge on any atom is -0.507 e. The number of aromatic amines is 1. The lowest BCUT2D eigenvalue weighted by molar-refractivity contribution is 0.0730. The molecule has 0 radical (unpaired) electrons. The summed E-state index contributed by atoms with van der Waals surface area (Å²) in [5.41, 5.74) is 4.24. The molecule has 0 aliphatic carbocycles. The summed E-state index contributed by atoms with van der Waals surface area (Å²) >= 11 is 18.8. The molecule has 2 aromatic heterocycles. The zero-order chi connectivity index (χ0) is 23.3. The zero-order valence-corrected chi connectivity index (χ0v) is 19.6. The van der Waals surface area contributed by atoms with Crippen molar-refractivity contribution in [2.45, 2.75) is 19.5 Å². The number of halogens is 3. The fraction of sp³-hybridized carbons (Fsp3) is 0.125. The molecule has 1 aliphatic heterocycles. The second-order valence-electron chi connectivity index (χ2n) is 7.85. The van der Waals surface area contributed by atoms with Crippen molar-refractivity contribution in [3.05, 3.63) is 97.9 Å². The van der Waals surface area contributed by atoms with Crippen LogP contribution >= 0.6 is 34.8 Å². The van der Waals surface area contributed by atoms with Gasteiger partial charge in [0.2, 0.25) is 0 Å². The molecule has 3 heterocycles. The number of aromatic hydroxyl groups is 1. The Labute approximate surface area is 204 Å². The van der Waals surface area contributed by atoms with Crippen molar-refractivity contribution in [1.82, 2.24) is 20.1 Å². The molecule has 1 atom stereocenters. The van der Waals surface area contributed by atoms with Crippen molar-refractivity contribution in [3.63, 3.8) is 0 Å². The molecule has 2 aromatic carbocycles. The highest BCUT2D eigenvalue weighted by atomic mass is 35.5. The zero-order valence-electron chi connectivity index (χ0n) is 17.3. The number of aromatic nitrogens is 3. The summed E-state index contributed by atoms with van der Waals surface area (Å²) in [7, 11) is 0. The highest BCUT2D eigenvalue weighted by Crippen LogP contribution is 2.46. The van der Waals surface area contributed by atoms with Gasteiger partial charge in [-0.05, 0) is 53.9 Å². The van der Waals surface area contributed by atoms with Gasteiger partial charge in [-0.25, -0.2) is 0 Å². The molecular formula is C24H17Cl3N4O2. The monoisotopic (exact) mass is 498 g/mol. The van der Waals surface area contributed by atoms with Gasteiger partial charge in [-0.2, -0.15) is 5.10 Å². The number of nitrogens with one attached hydrogen (secondary N) is 1. The number of hydrogen-bond acceptors (Lipinski definition) is 4. The van der Waals surface area contributed by atoms with Gasteiger partial charge in [-0.1, -0.05) is 46.9 Å². The third-order valence-electron chi connectivity index (χ3n) is 5.73. The van der Waals surface area contributed by atoms with Gasteiger partial charge in [0.25, 0.3) is 5.91 Å². The van der Waals surface area contributed by atoms with Crippen LogP contribution in [0.15, 0.2) is 54.9 Å². The Morgan fingerprint density at radius 2 is 1.91 bits per heavy atom. The molecule has 5 rings (SSSR count). The summed E-state index contributed by atoms with van der Waals surface area (Å²) in [6.45, 7) is 2.12. The standard InChI is InChI=1S/C24H17Cl3N4O2/c1-12-7-19(32)15(9-17(12)26)21-20-22(30-29-21)24(33)31(11-13-3-2-6-28-10-13)23(20)14-4-5-16(25)18(27)8-14/h2-10,23,32H,11H2,1H3,(H,29,30)/t23-/m0/s1. The fourth-order valence-electron chi connectivity index (χ4n) is 4.14. The highest BCUT2D eigenvalue weighted by molar-refractivity contribution is 6.42. The topological polar surface area (TPSA) is 82.1 Å². The molecular weight excluding hydrogens is 483 g/mol. The van der Waals surface area contributed by atoms with E-state index in [0.29, 0.717) is 44.1 Å². The average Bonchev–Trinajstić information content (AvgIpc) is 3.33.